The van der Waals surface area contributed by atoms with Crippen molar-refractivity contribution in [2.45, 2.75) is 38.5 Å². The van der Waals surface area contributed by atoms with Gasteiger partial charge >= 0.3 is 0 Å². The zero-order chi connectivity index (χ0) is 14.2. The van der Waals surface area contributed by atoms with E-state index in [1.165, 1.54) is 11.6 Å². The smallest absolute Gasteiger partial charge is 0.235 e. The first-order valence-corrected chi connectivity index (χ1v) is 6.10. The standard InChI is InChI=1S/C12H14FN3.CH3NO/c1-7-5-12(2,3)11-8(7)6-14-10-4-9(13)15-16(10)11;2-1-3/h4,6-7H,5H2,1-3H3;1H,(H2,2,3). The summed E-state index contributed by atoms with van der Waals surface area (Å²) in [7, 11) is 0. The first kappa shape index (κ1) is 13.5. The molecule has 0 bridgehead atoms. The van der Waals surface area contributed by atoms with Crippen LogP contribution in [0.1, 0.15) is 44.4 Å². The lowest BCUT2D eigenvalue weighted by Crippen LogP contribution is -2.17. The first-order chi connectivity index (χ1) is 8.90. The second-order valence-electron chi connectivity index (χ2n) is 5.42. The molecule has 2 N–H and O–H groups in total. The number of hydrogen-bond acceptors (Lipinski definition) is 3. The number of fused-ring (bicyclic) bond motifs is 3. The summed E-state index contributed by atoms with van der Waals surface area (Å²) in [5.74, 6) is 0.00501. The van der Waals surface area contributed by atoms with Crippen molar-refractivity contribution in [2.75, 3.05) is 0 Å². The normalized spacial score (nSPS) is 19.7. The number of rotatable bonds is 0. The Labute approximate surface area is 110 Å². The van der Waals surface area contributed by atoms with Gasteiger partial charge in [-0.2, -0.15) is 4.39 Å². The highest BCUT2D eigenvalue weighted by Crippen LogP contribution is 2.44. The van der Waals surface area contributed by atoms with Crippen molar-refractivity contribution in [2.24, 2.45) is 5.73 Å². The fourth-order valence-electron chi connectivity index (χ4n) is 2.93. The topological polar surface area (TPSA) is 73.3 Å². The van der Waals surface area contributed by atoms with Gasteiger partial charge in [-0.15, -0.1) is 5.10 Å². The molecule has 0 fully saturated rings. The highest BCUT2D eigenvalue weighted by molar-refractivity contribution is 5.45. The van der Waals surface area contributed by atoms with Crippen LogP contribution in [0.3, 0.4) is 0 Å². The lowest BCUT2D eigenvalue weighted by Gasteiger charge is -2.19. The summed E-state index contributed by atoms with van der Waals surface area (Å²) in [6.07, 6.45) is 3.18. The molecule has 102 valence electrons. The minimum atomic E-state index is -0.462. The third kappa shape index (κ3) is 2.18. The highest BCUT2D eigenvalue weighted by atomic mass is 19.1. The molecule has 0 radical (unpaired) electrons. The number of primary amides is 1. The maximum absolute atomic E-state index is 13.2. The molecule has 0 saturated heterocycles. The maximum atomic E-state index is 13.2. The number of hydrogen-bond donors (Lipinski definition) is 1. The summed E-state index contributed by atoms with van der Waals surface area (Å²) >= 11 is 0. The third-order valence-corrected chi connectivity index (χ3v) is 3.47. The van der Waals surface area contributed by atoms with Gasteiger partial charge in [-0.25, -0.2) is 9.50 Å². The Hall–Kier alpha value is -1.98. The fourth-order valence-corrected chi connectivity index (χ4v) is 2.93. The third-order valence-electron chi connectivity index (χ3n) is 3.47. The van der Waals surface area contributed by atoms with Gasteiger partial charge in [0.25, 0.3) is 0 Å². The summed E-state index contributed by atoms with van der Waals surface area (Å²) in [6.45, 7) is 6.53. The predicted molar refractivity (Wildman–Crippen MR) is 69.3 cm³/mol. The second kappa shape index (κ2) is 4.60. The molecule has 5 nitrogen and oxygen atoms in total. The number of nitrogens with two attached hydrogens (primary N) is 1. The van der Waals surface area contributed by atoms with Crippen LogP contribution >= 0.6 is 0 Å². The maximum Gasteiger partial charge on any atom is 0.235 e. The Morgan fingerprint density at radius 2 is 2.21 bits per heavy atom. The SMILES string of the molecule is CC1CC(C)(C)c2c1cnc1cc(F)nn21.NC=O. The van der Waals surface area contributed by atoms with Gasteiger partial charge < -0.3 is 5.73 Å². The molecule has 1 aliphatic rings. The van der Waals surface area contributed by atoms with Crippen LogP contribution in [0, 0.1) is 5.95 Å². The number of carbonyl (C=O) groups excluding carboxylic acids is 1. The molecule has 1 unspecified atom stereocenters. The Balaban J connectivity index is 0.000000408. The number of amides is 1. The van der Waals surface area contributed by atoms with E-state index in [9.17, 15) is 4.39 Å². The number of carbonyl (C=O) groups is 1. The Morgan fingerprint density at radius 3 is 2.84 bits per heavy atom. The Kier molecular flexibility index (Phi) is 3.26. The van der Waals surface area contributed by atoms with Gasteiger partial charge in [0.05, 0.1) is 5.69 Å². The van der Waals surface area contributed by atoms with Crippen molar-refractivity contribution in [3.63, 3.8) is 0 Å². The van der Waals surface area contributed by atoms with Crippen LogP contribution in [-0.4, -0.2) is 21.0 Å². The van der Waals surface area contributed by atoms with Gasteiger partial charge in [0, 0.05) is 17.7 Å². The Bertz CT molecular complexity index is 620. The van der Waals surface area contributed by atoms with E-state index in [1.54, 1.807) is 4.52 Å². The molecule has 1 aliphatic carbocycles. The molecule has 0 saturated carbocycles. The van der Waals surface area contributed by atoms with Gasteiger partial charge in [0.1, 0.15) is 0 Å². The second-order valence-corrected chi connectivity index (χ2v) is 5.42. The molecule has 2 aromatic rings. The van der Waals surface area contributed by atoms with E-state index >= 15 is 0 Å². The van der Waals surface area contributed by atoms with E-state index in [0.717, 1.165) is 12.1 Å². The summed E-state index contributed by atoms with van der Waals surface area (Å²) < 4.78 is 14.8. The summed E-state index contributed by atoms with van der Waals surface area (Å²) in [6, 6.07) is 1.37. The molecule has 1 amide bonds. The average molecular weight is 264 g/mol. The van der Waals surface area contributed by atoms with Gasteiger partial charge in [0.2, 0.25) is 12.4 Å². The lowest BCUT2D eigenvalue weighted by molar-refractivity contribution is -0.106. The summed E-state index contributed by atoms with van der Waals surface area (Å²) in [5.41, 5.74) is 7.10. The molecule has 0 aliphatic heterocycles. The molecule has 3 rings (SSSR count). The highest BCUT2D eigenvalue weighted by Gasteiger charge is 2.37. The van der Waals surface area contributed by atoms with Crippen molar-refractivity contribution < 1.29 is 9.18 Å². The van der Waals surface area contributed by atoms with E-state index in [4.69, 9.17) is 4.79 Å². The van der Waals surface area contributed by atoms with E-state index in [2.05, 4.69) is 36.6 Å². The monoisotopic (exact) mass is 264 g/mol. The molecule has 0 aromatic carbocycles. The number of halogens is 1. The largest absolute Gasteiger partial charge is 0.372 e. The van der Waals surface area contributed by atoms with Crippen LogP contribution in [0.5, 0.6) is 0 Å². The number of nitrogens with zero attached hydrogens (tertiary/aromatic N) is 3. The quantitative estimate of drug-likeness (QED) is 0.737. The molecule has 1 atom stereocenters. The zero-order valence-electron chi connectivity index (χ0n) is 11.2. The van der Waals surface area contributed by atoms with Crippen molar-refractivity contribution in [1.29, 1.82) is 0 Å². The Morgan fingerprint density at radius 1 is 1.58 bits per heavy atom. The van der Waals surface area contributed by atoms with E-state index in [-0.39, 0.29) is 11.8 Å². The first-order valence-electron chi connectivity index (χ1n) is 6.10. The molecule has 19 heavy (non-hydrogen) atoms. The summed E-state index contributed by atoms with van der Waals surface area (Å²) in [5, 5.41) is 3.90. The predicted octanol–water partition coefficient (Wildman–Crippen LogP) is 1.75. The van der Waals surface area contributed by atoms with Crippen LogP contribution in [0.15, 0.2) is 12.3 Å². The van der Waals surface area contributed by atoms with Crippen LogP contribution in [0.2, 0.25) is 0 Å². The van der Waals surface area contributed by atoms with Gasteiger partial charge in [-0.3, -0.25) is 4.79 Å². The molecule has 2 aromatic heterocycles. The van der Waals surface area contributed by atoms with Gasteiger partial charge in [0.15, 0.2) is 5.65 Å². The number of aromatic nitrogens is 3. The molecule has 6 heteroatoms. The molecular weight excluding hydrogens is 247 g/mol. The summed E-state index contributed by atoms with van der Waals surface area (Å²) in [4.78, 5) is 12.8. The van der Waals surface area contributed by atoms with Crippen molar-refractivity contribution >= 4 is 12.1 Å². The average Bonchev–Trinajstić information content (AvgIpc) is 2.77. The van der Waals surface area contributed by atoms with Gasteiger partial charge in [-0.05, 0) is 17.9 Å². The van der Waals surface area contributed by atoms with Crippen LogP contribution in [0.25, 0.3) is 5.65 Å². The molecular formula is C13H17FN4O. The fraction of sp³-hybridized carbons (Fsp3) is 0.462. The minimum Gasteiger partial charge on any atom is -0.372 e. The molecule has 0 spiro atoms. The minimum absolute atomic E-state index is 0.0361. The van der Waals surface area contributed by atoms with Crippen LogP contribution < -0.4 is 5.73 Å². The lowest BCUT2D eigenvalue weighted by atomic mass is 9.89. The van der Waals surface area contributed by atoms with E-state index < -0.39 is 5.95 Å². The van der Waals surface area contributed by atoms with E-state index in [0.29, 0.717) is 11.6 Å². The van der Waals surface area contributed by atoms with E-state index in [1.807, 2.05) is 6.20 Å². The van der Waals surface area contributed by atoms with Gasteiger partial charge in [-0.1, -0.05) is 20.8 Å². The zero-order valence-corrected chi connectivity index (χ0v) is 11.2. The van der Waals surface area contributed by atoms with Crippen LogP contribution in [-0.2, 0) is 10.2 Å². The van der Waals surface area contributed by atoms with Crippen molar-refractivity contribution in [1.82, 2.24) is 14.6 Å². The van der Waals surface area contributed by atoms with Crippen LogP contribution in [0.4, 0.5) is 4.39 Å². The molecule has 2 heterocycles. The van der Waals surface area contributed by atoms with Crippen molar-refractivity contribution in [3.05, 3.63) is 29.5 Å². The van der Waals surface area contributed by atoms with Crippen molar-refractivity contribution in [3.8, 4) is 0 Å².